The Balaban J connectivity index is 1.63. The summed E-state index contributed by atoms with van der Waals surface area (Å²) < 4.78 is 26.4. The Morgan fingerprint density at radius 3 is 2.83 bits per heavy atom. The quantitative estimate of drug-likeness (QED) is 0.728. The molecule has 0 atom stereocenters. The average Bonchev–Trinajstić information content (AvgIpc) is 3.18. The maximum absolute atomic E-state index is 13.6. The van der Waals surface area contributed by atoms with E-state index in [0.29, 0.717) is 22.6 Å². The zero-order valence-electron chi connectivity index (χ0n) is 12.8. The number of nitrogens with zero attached hydrogens (tertiary/aromatic N) is 1. The first-order valence-corrected chi connectivity index (χ1v) is 9.02. The van der Waals surface area contributed by atoms with Crippen molar-refractivity contribution in [2.45, 2.75) is 13.3 Å². The normalized spacial score (nSPS) is 10.8. The van der Waals surface area contributed by atoms with Crippen molar-refractivity contribution in [3.8, 4) is 10.6 Å². The summed E-state index contributed by atoms with van der Waals surface area (Å²) in [5, 5.41) is 7.52. The van der Waals surface area contributed by atoms with E-state index >= 15 is 0 Å². The Bertz CT molecular complexity index is 860. The molecule has 0 aliphatic carbocycles. The van der Waals surface area contributed by atoms with Crippen LogP contribution in [0.4, 0.5) is 8.78 Å². The predicted octanol–water partition coefficient (Wildman–Crippen LogP) is 4.43. The number of hydrogen-bond donors (Lipinski definition) is 1. The second-order valence-electron chi connectivity index (χ2n) is 5.19. The highest BCUT2D eigenvalue weighted by molar-refractivity contribution is 7.17. The molecule has 1 amide bonds. The van der Waals surface area contributed by atoms with E-state index in [0.717, 1.165) is 16.6 Å². The van der Waals surface area contributed by atoms with Crippen molar-refractivity contribution >= 4 is 28.6 Å². The van der Waals surface area contributed by atoms with Gasteiger partial charge in [-0.3, -0.25) is 4.79 Å². The number of aryl methyl sites for hydroxylation is 1. The molecule has 0 saturated carbocycles. The SMILES string of the molecule is Cc1nc(-c2ccsc2)sc1C(=O)NCCc1ccc(F)cc1F. The molecule has 0 radical (unpaired) electrons. The third-order valence-electron chi connectivity index (χ3n) is 3.47. The first kappa shape index (κ1) is 16.7. The lowest BCUT2D eigenvalue weighted by Gasteiger charge is -2.05. The molecule has 1 N–H and O–H groups in total. The number of halogens is 2. The lowest BCUT2D eigenvalue weighted by molar-refractivity contribution is 0.0957. The monoisotopic (exact) mass is 364 g/mol. The van der Waals surface area contributed by atoms with Gasteiger partial charge in [0.15, 0.2) is 0 Å². The third kappa shape index (κ3) is 3.68. The molecule has 0 fully saturated rings. The van der Waals surface area contributed by atoms with Crippen LogP contribution in [0.15, 0.2) is 35.0 Å². The summed E-state index contributed by atoms with van der Waals surface area (Å²) in [6.45, 7) is 2.06. The molecule has 2 aromatic heterocycles. The largest absolute Gasteiger partial charge is 0.351 e. The summed E-state index contributed by atoms with van der Waals surface area (Å²) in [4.78, 5) is 17.3. The van der Waals surface area contributed by atoms with Crippen LogP contribution in [0.3, 0.4) is 0 Å². The minimum absolute atomic E-state index is 0.228. The van der Waals surface area contributed by atoms with Gasteiger partial charge in [-0.2, -0.15) is 11.3 Å². The molecule has 0 unspecified atom stereocenters. The number of aromatic nitrogens is 1. The van der Waals surface area contributed by atoms with Crippen LogP contribution in [-0.4, -0.2) is 17.4 Å². The second-order valence-corrected chi connectivity index (χ2v) is 6.97. The van der Waals surface area contributed by atoms with Crippen LogP contribution in [0.1, 0.15) is 20.9 Å². The number of carbonyl (C=O) groups is 1. The molecular formula is C17H14F2N2OS2. The van der Waals surface area contributed by atoms with Crippen molar-refractivity contribution in [1.82, 2.24) is 10.3 Å². The van der Waals surface area contributed by atoms with Crippen molar-refractivity contribution in [1.29, 1.82) is 0 Å². The number of nitrogens with one attached hydrogen (secondary N) is 1. The van der Waals surface area contributed by atoms with Crippen LogP contribution in [-0.2, 0) is 6.42 Å². The van der Waals surface area contributed by atoms with Gasteiger partial charge in [0.2, 0.25) is 0 Å². The van der Waals surface area contributed by atoms with Crippen molar-refractivity contribution < 1.29 is 13.6 Å². The molecule has 3 nitrogen and oxygen atoms in total. The predicted molar refractivity (Wildman–Crippen MR) is 92.6 cm³/mol. The molecule has 3 aromatic rings. The summed E-state index contributed by atoms with van der Waals surface area (Å²) in [5.41, 5.74) is 2.05. The molecule has 0 saturated heterocycles. The maximum atomic E-state index is 13.6. The Labute approximate surface area is 146 Å². The number of carbonyl (C=O) groups excluding carboxylic acids is 1. The van der Waals surface area contributed by atoms with E-state index in [1.807, 2.05) is 16.8 Å². The highest BCUT2D eigenvalue weighted by Gasteiger charge is 2.16. The van der Waals surface area contributed by atoms with Gasteiger partial charge in [0.25, 0.3) is 5.91 Å². The highest BCUT2D eigenvalue weighted by atomic mass is 32.1. The molecule has 2 heterocycles. The van der Waals surface area contributed by atoms with Gasteiger partial charge in [0.1, 0.15) is 21.5 Å². The van der Waals surface area contributed by atoms with Crippen LogP contribution in [0.5, 0.6) is 0 Å². The molecular weight excluding hydrogens is 350 g/mol. The number of benzene rings is 1. The van der Waals surface area contributed by atoms with E-state index in [1.54, 1.807) is 18.3 Å². The van der Waals surface area contributed by atoms with E-state index in [9.17, 15) is 13.6 Å². The first-order valence-electron chi connectivity index (χ1n) is 7.26. The molecule has 24 heavy (non-hydrogen) atoms. The molecule has 0 aliphatic heterocycles. The zero-order chi connectivity index (χ0) is 17.1. The minimum Gasteiger partial charge on any atom is -0.351 e. The van der Waals surface area contributed by atoms with E-state index in [1.165, 1.54) is 23.5 Å². The van der Waals surface area contributed by atoms with Gasteiger partial charge >= 0.3 is 0 Å². The number of thiophene rings is 1. The fraction of sp³-hybridized carbons (Fsp3) is 0.176. The van der Waals surface area contributed by atoms with Crippen LogP contribution < -0.4 is 5.32 Å². The molecule has 124 valence electrons. The van der Waals surface area contributed by atoms with E-state index in [4.69, 9.17) is 0 Å². The summed E-state index contributed by atoms with van der Waals surface area (Å²) in [5.74, 6) is -1.44. The van der Waals surface area contributed by atoms with Gasteiger partial charge in [0, 0.05) is 23.6 Å². The van der Waals surface area contributed by atoms with Crippen LogP contribution in [0.25, 0.3) is 10.6 Å². The topological polar surface area (TPSA) is 42.0 Å². The first-order chi connectivity index (χ1) is 11.5. The van der Waals surface area contributed by atoms with E-state index in [-0.39, 0.29) is 12.5 Å². The molecule has 7 heteroatoms. The Morgan fingerprint density at radius 2 is 2.12 bits per heavy atom. The van der Waals surface area contributed by atoms with Crippen LogP contribution in [0.2, 0.25) is 0 Å². The van der Waals surface area contributed by atoms with Crippen LogP contribution in [0, 0.1) is 18.6 Å². The van der Waals surface area contributed by atoms with Gasteiger partial charge in [-0.25, -0.2) is 13.8 Å². The number of rotatable bonds is 5. The van der Waals surface area contributed by atoms with Gasteiger partial charge in [-0.1, -0.05) is 6.07 Å². The second kappa shape index (κ2) is 7.19. The molecule has 0 aliphatic rings. The summed E-state index contributed by atoms with van der Waals surface area (Å²) >= 11 is 2.91. The average molecular weight is 364 g/mol. The number of hydrogen-bond acceptors (Lipinski definition) is 4. The molecule has 1 aromatic carbocycles. The van der Waals surface area contributed by atoms with Crippen molar-refractivity contribution in [3.05, 3.63) is 62.8 Å². The lowest BCUT2D eigenvalue weighted by Crippen LogP contribution is -2.25. The lowest BCUT2D eigenvalue weighted by atomic mass is 10.1. The Morgan fingerprint density at radius 1 is 1.29 bits per heavy atom. The number of amides is 1. The molecule has 3 rings (SSSR count). The van der Waals surface area contributed by atoms with Gasteiger partial charge in [-0.05, 0) is 36.4 Å². The van der Waals surface area contributed by atoms with Crippen molar-refractivity contribution in [3.63, 3.8) is 0 Å². The van der Waals surface area contributed by atoms with Crippen LogP contribution >= 0.6 is 22.7 Å². The minimum atomic E-state index is -0.610. The maximum Gasteiger partial charge on any atom is 0.263 e. The van der Waals surface area contributed by atoms with Crippen molar-refractivity contribution in [2.75, 3.05) is 6.54 Å². The summed E-state index contributed by atoms with van der Waals surface area (Å²) in [6.07, 6.45) is 0.299. The van der Waals surface area contributed by atoms with Gasteiger partial charge in [-0.15, -0.1) is 11.3 Å². The smallest absolute Gasteiger partial charge is 0.263 e. The summed E-state index contributed by atoms with van der Waals surface area (Å²) in [7, 11) is 0. The fourth-order valence-electron chi connectivity index (χ4n) is 2.23. The van der Waals surface area contributed by atoms with Gasteiger partial charge < -0.3 is 5.32 Å². The fourth-order valence-corrected chi connectivity index (χ4v) is 3.93. The third-order valence-corrected chi connectivity index (χ3v) is 5.35. The van der Waals surface area contributed by atoms with E-state index < -0.39 is 11.6 Å². The molecule has 0 bridgehead atoms. The zero-order valence-corrected chi connectivity index (χ0v) is 14.4. The Hall–Kier alpha value is -2.12. The van der Waals surface area contributed by atoms with Crippen molar-refractivity contribution in [2.24, 2.45) is 0 Å². The standard InChI is InChI=1S/C17H14F2N2OS2/c1-10-15(24-17(21-10)12-5-7-23-9-12)16(22)20-6-4-11-2-3-13(18)8-14(11)19/h2-3,5,7-9H,4,6H2,1H3,(H,20,22). The van der Waals surface area contributed by atoms with Gasteiger partial charge in [0.05, 0.1) is 5.69 Å². The Kier molecular flexibility index (Phi) is 5.01. The molecule has 0 spiro atoms. The number of thiazole rings is 1. The van der Waals surface area contributed by atoms with E-state index in [2.05, 4.69) is 10.3 Å². The highest BCUT2D eigenvalue weighted by Crippen LogP contribution is 2.29. The summed E-state index contributed by atoms with van der Waals surface area (Å²) in [6, 6.07) is 5.41.